The molecule has 2 aliphatic heterocycles. The van der Waals surface area contributed by atoms with Gasteiger partial charge >= 0.3 is 5.97 Å². The van der Waals surface area contributed by atoms with Crippen molar-refractivity contribution in [2.24, 2.45) is 15.1 Å². The van der Waals surface area contributed by atoms with Gasteiger partial charge in [0.1, 0.15) is 11.5 Å². The Morgan fingerprint density at radius 3 is 2.63 bits per heavy atom. The minimum absolute atomic E-state index is 0.0325. The number of hydrazone groups is 1. The topological polar surface area (TPSA) is 133 Å². The summed E-state index contributed by atoms with van der Waals surface area (Å²) in [5.74, 6) is -0.712. The first kappa shape index (κ1) is 24.2. The molecule has 0 radical (unpaired) electrons. The molecule has 1 saturated heterocycles. The molecule has 0 aromatic heterocycles. The van der Waals surface area contributed by atoms with Crippen molar-refractivity contribution < 1.29 is 14.8 Å². The molecule has 10 nitrogen and oxygen atoms in total. The summed E-state index contributed by atoms with van der Waals surface area (Å²) in [6.45, 7) is 3.10. The first-order valence-corrected chi connectivity index (χ1v) is 11.8. The summed E-state index contributed by atoms with van der Waals surface area (Å²) in [6, 6.07) is 13.8. The largest absolute Gasteiger partial charge is 0.477 e. The summed E-state index contributed by atoms with van der Waals surface area (Å²) in [5, 5.41) is 25.1. The number of nitrogens with zero attached hydrogens (tertiary/aromatic N) is 5. The number of aliphatic imine (C=N–C) groups is 2. The summed E-state index contributed by atoms with van der Waals surface area (Å²) in [4.78, 5) is 34.2. The Hall–Kier alpha value is -3.92. The molecular formula is C25H28N6O4. The monoisotopic (exact) mass is 476 g/mol. The Bertz CT molecular complexity index is 1170. The molecule has 1 fully saturated rings. The van der Waals surface area contributed by atoms with Gasteiger partial charge in [-0.25, -0.2) is 9.79 Å². The standard InChI is InChI=1S/C25H28N6O4/c32-25(33)22(10-7-15-30-13-5-2-6-14-30)28-29-23-17-26-24(18-8-3-1-4-9-18)20-16-19(31(34)35)11-12-21(20)27-23/h1,3-4,8-9,11-12,16H,2,5-7,10,13-15,17H2,(H,27,29)(H,32,33). The first-order chi connectivity index (χ1) is 17.0. The van der Waals surface area contributed by atoms with Crippen LogP contribution in [0.2, 0.25) is 0 Å². The van der Waals surface area contributed by atoms with Crippen LogP contribution in [-0.2, 0) is 4.79 Å². The fourth-order valence-electron chi connectivity index (χ4n) is 4.24. The average molecular weight is 477 g/mol. The maximum Gasteiger partial charge on any atom is 0.352 e. The molecule has 2 heterocycles. The first-order valence-electron chi connectivity index (χ1n) is 11.8. The van der Waals surface area contributed by atoms with Gasteiger partial charge in [0, 0.05) is 29.7 Å². The minimum Gasteiger partial charge on any atom is -0.477 e. The third-order valence-corrected chi connectivity index (χ3v) is 6.04. The van der Waals surface area contributed by atoms with Crippen molar-refractivity contribution >= 4 is 34.6 Å². The summed E-state index contributed by atoms with van der Waals surface area (Å²) >= 11 is 0. The smallest absolute Gasteiger partial charge is 0.352 e. The molecule has 4 rings (SSSR count). The van der Waals surface area contributed by atoms with E-state index in [4.69, 9.17) is 0 Å². The fraction of sp³-hybridized carbons (Fsp3) is 0.360. The number of benzene rings is 2. The van der Waals surface area contributed by atoms with Gasteiger partial charge in [-0.15, -0.1) is 0 Å². The lowest BCUT2D eigenvalue weighted by Gasteiger charge is -2.26. The molecule has 182 valence electrons. The van der Waals surface area contributed by atoms with Gasteiger partial charge in [-0.1, -0.05) is 36.8 Å². The zero-order valence-corrected chi connectivity index (χ0v) is 19.4. The molecule has 2 aliphatic rings. The number of non-ortho nitro benzene ring substituents is 1. The van der Waals surface area contributed by atoms with Crippen LogP contribution in [-0.4, -0.2) is 64.3 Å². The number of hydrogen-bond acceptors (Lipinski definition) is 8. The highest BCUT2D eigenvalue weighted by molar-refractivity contribution is 6.35. The minimum atomic E-state index is -1.07. The van der Waals surface area contributed by atoms with Gasteiger partial charge in [-0.3, -0.25) is 20.5 Å². The predicted octanol–water partition coefficient (Wildman–Crippen LogP) is 3.77. The van der Waals surface area contributed by atoms with E-state index < -0.39 is 10.9 Å². The number of carboxylic acids is 1. The number of piperidine rings is 1. The van der Waals surface area contributed by atoms with Gasteiger partial charge in [0.25, 0.3) is 5.69 Å². The van der Waals surface area contributed by atoms with Gasteiger partial charge < -0.3 is 10.0 Å². The molecule has 2 aromatic carbocycles. The zero-order chi connectivity index (χ0) is 24.6. The Kier molecular flexibility index (Phi) is 7.94. The number of fused-ring (bicyclic) bond motifs is 1. The third kappa shape index (κ3) is 6.36. The molecule has 2 N–H and O–H groups in total. The predicted molar refractivity (Wildman–Crippen MR) is 135 cm³/mol. The van der Waals surface area contributed by atoms with E-state index in [-0.39, 0.29) is 17.9 Å². The van der Waals surface area contributed by atoms with Crippen molar-refractivity contribution in [3.63, 3.8) is 0 Å². The average Bonchev–Trinajstić information content (AvgIpc) is 3.05. The molecule has 2 aromatic rings. The lowest BCUT2D eigenvalue weighted by molar-refractivity contribution is -0.384. The van der Waals surface area contributed by atoms with Gasteiger partial charge in [-0.05, 0) is 45.0 Å². The number of nitrogens with one attached hydrogen (secondary N) is 1. The highest BCUT2D eigenvalue weighted by Gasteiger charge is 2.20. The quantitative estimate of drug-likeness (QED) is 0.338. The third-order valence-electron chi connectivity index (χ3n) is 6.04. The van der Waals surface area contributed by atoms with Crippen molar-refractivity contribution in [2.75, 3.05) is 26.2 Å². The summed E-state index contributed by atoms with van der Waals surface area (Å²) < 4.78 is 0. The van der Waals surface area contributed by atoms with E-state index in [0.717, 1.165) is 25.2 Å². The van der Waals surface area contributed by atoms with Crippen molar-refractivity contribution in [2.45, 2.75) is 32.1 Å². The highest BCUT2D eigenvalue weighted by Crippen LogP contribution is 2.29. The second kappa shape index (κ2) is 11.5. The molecule has 10 heteroatoms. The van der Waals surface area contributed by atoms with Crippen LogP contribution in [0.25, 0.3) is 0 Å². The molecule has 0 atom stereocenters. The second-order valence-corrected chi connectivity index (χ2v) is 8.53. The molecule has 0 bridgehead atoms. The normalized spacial score (nSPS) is 16.5. The molecule has 0 aliphatic carbocycles. The lowest BCUT2D eigenvalue weighted by Crippen LogP contribution is -2.31. The molecule has 0 amide bonds. The fourth-order valence-corrected chi connectivity index (χ4v) is 4.24. The summed E-state index contributed by atoms with van der Waals surface area (Å²) in [7, 11) is 0. The Morgan fingerprint density at radius 1 is 1.14 bits per heavy atom. The molecule has 0 unspecified atom stereocenters. The molecule has 35 heavy (non-hydrogen) atoms. The van der Waals surface area contributed by atoms with Gasteiger partial charge in [0.2, 0.25) is 0 Å². The van der Waals surface area contributed by atoms with Crippen LogP contribution in [0, 0.1) is 10.1 Å². The number of likely N-dealkylation sites (tertiary alicyclic amines) is 1. The van der Waals surface area contributed by atoms with Gasteiger partial charge in [-0.2, -0.15) is 5.10 Å². The van der Waals surface area contributed by atoms with Crippen LogP contribution in [0.5, 0.6) is 0 Å². The van der Waals surface area contributed by atoms with E-state index in [1.165, 1.54) is 31.4 Å². The highest BCUT2D eigenvalue weighted by atomic mass is 16.6. The van der Waals surface area contributed by atoms with Crippen LogP contribution in [0.1, 0.15) is 43.2 Å². The van der Waals surface area contributed by atoms with Crippen LogP contribution < -0.4 is 5.43 Å². The second-order valence-electron chi connectivity index (χ2n) is 8.53. The number of hydrogen-bond donors (Lipinski definition) is 2. The number of nitro benzene ring substituents is 1. The van der Waals surface area contributed by atoms with Crippen molar-refractivity contribution in [1.82, 2.24) is 10.3 Å². The van der Waals surface area contributed by atoms with E-state index in [0.29, 0.717) is 35.6 Å². The van der Waals surface area contributed by atoms with Crippen molar-refractivity contribution in [1.29, 1.82) is 0 Å². The summed E-state index contributed by atoms with van der Waals surface area (Å²) in [6.07, 6.45) is 4.69. The van der Waals surface area contributed by atoms with Crippen LogP contribution in [0.15, 0.2) is 63.6 Å². The Labute approximate surface area is 203 Å². The number of carboxylic acid groups (broad SMARTS) is 1. The van der Waals surface area contributed by atoms with Crippen molar-refractivity contribution in [3.05, 3.63) is 69.8 Å². The number of amidine groups is 1. The van der Waals surface area contributed by atoms with E-state index in [2.05, 4.69) is 25.4 Å². The van der Waals surface area contributed by atoms with E-state index in [1.54, 1.807) is 6.07 Å². The number of carbonyl (C=O) groups is 1. The lowest BCUT2D eigenvalue weighted by atomic mass is 10.00. The van der Waals surface area contributed by atoms with Crippen LogP contribution >= 0.6 is 0 Å². The van der Waals surface area contributed by atoms with E-state index >= 15 is 0 Å². The van der Waals surface area contributed by atoms with E-state index in [1.807, 2.05) is 30.3 Å². The van der Waals surface area contributed by atoms with Gasteiger partial charge in [0.15, 0.2) is 0 Å². The van der Waals surface area contributed by atoms with Gasteiger partial charge in [0.05, 0.1) is 22.9 Å². The Balaban J connectivity index is 1.54. The van der Waals surface area contributed by atoms with Crippen LogP contribution in [0.4, 0.5) is 11.4 Å². The van der Waals surface area contributed by atoms with E-state index in [9.17, 15) is 20.0 Å². The maximum absolute atomic E-state index is 11.7. The Morgan fingerprint density at radius 2 is 1.91 bits per heavy atom. The number of aliphatic carboxylic acids is 1. The molecular weight excluding hydrogens is 448 g/mol. The van der Waals surface area contributed by atoms with Crippen molar-refractivity contribution in [3.8, 4) is 0 Å². The zero-order valence-electron chi connectivity index (χ0n) is 19.4. The summed E-state index contributed by atoms with van der Waals surface area (Å²) in [5.41, 5.74) is 5.17. The molecule has 0 spiro atoms. The SMILES string of the molecule is O=C(O)C(CCCN1CCCCC1)=NNC1=Nc2ccc([N+](=O)[O-])cc2C(c2ccccc2)=NC1. The number of rotatable bonds is 8. The maximum atomic E-state index is 11.7. The molecule has 0 saturated carbocycles. The number of nitro groups is 1. The van der Waals surface area contributed by atoms with Crippen LogP contribution in [0.3, 0.4) is 0 Å².